The average Bonchev–Trinajstić information content (AvgIpc) is 4.20. The van der Waals surface area contributed by atoms with E-state index in [-0.39, 0.29) is 0 Å². The van der Waals surface area contributed by atoms with Gasteiger partial charge in [0.25, 0.3) is 0 Å². The fourth-order valence-corrected chi connectivity index (χ4v) is 8.98. The number of fused-ring (bicyclic) bond motifs is 6. The molecular weight excluding hydrogens is 813 g/mol. The zero-order valence-corrected chi connectivity index (χ0v) is 35.3. The average molecular weight is 849 g/mol. The molecule has 0 saturated heterocycles. The molecule has 0 spiro atoms. The first-order chi connectivity index (χ1) is 32.7. The van der Waals surface area contributed by atoms with Crippen molar-refractivity contribution in [3.05, 3.63) is 218 Å². The monoisotopic (exact) mass is 848 g/mol. The highest BCUT2D eigenvalue weighted by Crippen LogP contribution is 2.38. The van der Waals surface area contributed by atoms with Gasteiger partial charge in [-0.1, -0.05) is 152 Å². The molecule has 0 aliphatic carbocycles. The largest absolute Gasteiger partial charge is 0.456 e. The first kappa shape index (κ1) is 37.4. The Kier molecular flexibility index (Phi) is 8.67. The molecule has 0 aliphatic rings. The van der Waals surface area contributed by atoms with E-state index in [1.54, 1.807) is 0 Å². The summed E-state index contributed by atoms with van der Waals surface area (Å²) in [6.07, 6.45) is 0. The minimum absolute atomic E-state index is 0.667. The van der Waals surface area contributed by atoms with Gasteiger partial charge in [-0.25, -0.2) is 19.3 Å². The van der Waals surface area contributed by atoms with Crippen LogP contribution in [-0.4, -0.2) is 29.5 Å². The Hall–Kier alpha value is -9.14. The van der Waals surface area contributed by atoms with Gasteiger partial charge in [-0.05, 0) is 89.0 Å². The van der Waals surface area contributed by atoms with Crippen molar-refractivity contribution in [2.45, 2.75) is 0 Å². The van der Waals surface area contributed by atoms with E-state index >= 15 is 0 Å². The van der Waals surface area contributed by atoms with Gasteiger partial charge in [0, 0.05) is 43.8 Å². The lowest BCUT2D eigenvalue weighted by Gasteiger charge is -2.08. The molecule has 13 rings (SSSR count). The fourth-order valence-electron chi connectivity index (χ4n) is 8.98. The Morgan fingerprint density at radius 2 is 0.606 bits per heavy atom. The van der Waals surface area contributed by atoms with E-state index in [0.717, 1.165) is 111 Å². The molecule has 0 N–H and O–H groups in total. The van der Waals surface area contributed by atoms with E-state index < -0.39 is 0 Å². The second-order valence-electron chi connectivity index (χ2n) is 16.4. The van der Waals surface area contributed by atoms with E-state index in [1.165, 1.54) is 0 Å². The maximum Gasteiger partial charge on any atom is 0.182 e. The van der Waals surface area contributed by atoms with Crippen LogP contribution in [-0.2, 0) is 0 Å². The summed E-state index contributed by atoms with van der Waals surface area (Å²) >= 11 is 0. The van der Waals surface area contributed by atoms with Crippen molar-refractivity contribution in [3.8, 4) is 79.2 Å². The minimum Gasteiger partial charge on any atom is -0.456 e. The third-order valence-corrected chi connectivity index (χ3v) is 12.3. The van der Waals surface area contributed by atoms with Gasteiger partial charge in [0.2, 0.25) is 0 Å². The molecule has 13 aromatic rings. The predicted molar refractivity (Wildman–Crippen MR) is 263 cm³/mol. The fraction of sp³-hybridized carbons (Fsp3) is 0. The lowest BCUT2D eigenvalue weighted by molar-refractivity contribution is 0.668. The molecule has 4 heterocycles. The lowest BCUT2D eigenvalue weighted by atomic mass is 9.97. The number of benzene rings is 9. The minimum atomic E-state index is 0.667. The van der Waals surface area contributed by atoms with Crippen molar-refractivity contribution in [2.75, 3.05) is 0 Å². The molecule has 0 unspecified atom stereocenters. The number of furan rings is 2. The molecule has 8 nitrogen and oxygen atoms in total. The summed E-state index contributed by atoms with van der Waals surface area (Å²) in [5.41, 5.74) is 13.3. The second-order valence-corrected chi connectivity index (χ2v) is 16.4. The van der Waals surface area contributed by atoms with Gasteiger partial charge in [0.15, 0.2) is 23.3 Å². The maximum absolute atomic E-state index is 6.41. The number of nitrogens with zero attached hydrogens (tertiary/aromatic N) is 6. The Bertz CT molecular complexity index is 3670. The van der Waals surface area contributed by atoms with Crippen molar-refractivity contribution < 1.29 is 8.83 Å². The van der Waals surface area contributed by atoms with Crippen LogP contribution in [0.1, 0.15) is 0 Å². The summed E-state index contributed by atoms with van der Waals surface area (Å²) in [6, 6.07) is 74.6. The van der Waals surface area contributed by atoms with Gasteiger partial charge in [-0.2, -0.15) is 0 Å². The molecular formula is C58H36N6O2. The number of hydrogen-bond donors (Lipinski definition) is 0. The number of hydrogen-bond acceptors (Lipinski definition) is 6. The van der Waals surface area contributed by atoms with Crippen molar-refractivity contribution in [3.63, 3.8) is 0 Å². The van der Waals surface area contributed by atoms with Crippen LogP contribution in [0.15, 0.2) is 227 Å². The molecule has 0 amide bonds. The zero-order chi connectivity index (χ0) is 43.6. The van der Waals surface area contributed by atoms with Crippen molar-refractivity contribution >= 4 is 43.9 Å². The zero-order valence-electron chi connectivity index (χ0n) is 35.3. The maximum atomic E-state index is 6.41. The molecule has 310 valence electrons. The topological polar surface area (TPSA) is 87.7 Å². The van der Waals surface area contributed by atoms with Gasteiger partial charge >= 0.3 is 0 Å². The standard InChI is InChI=1S/C58H36N6O2/c1-5-14-37(15-6-1)55-59-57(39-18-9-3-10-19-39)63(61-55)45-26-30-53-49(35-45)47-33-43(24-28-51(47)65-53)41-22-13-23-42(32-41)44-25-29-52-48(34-44)50-36-46(27-31-54(50)66-52)64-58(40-20-11-4-12-21-40)60-56(62-64)38-16-7-2-8-17-38/h1-36H. The summed E-state index contributed by atoms with van der Waals surface area (Å²) in [5, 5.41) is 14.1. The van der Waals surface area contributed by atoms with E-state index in [4.69, 9.17) is 29.0 Å². The molecule has 8 heteroatoms. The summed E-state index contributed by atoms with van der Waals surface area (Å²) in [4.78, 5) is 10.1. The van der Waals surface area contributed by atoms with Crippen LogP contribution < -0.4 is 0 Å². The summed E-state index contributed by atoms with van der Waals surface area (Å²) in [7, 11) is 0. The normalized spacial score (nSPS) is 11.6. The summed E-state index contributed by atoms with van der Waals surface area (Å²) < 4.78 is 16.7. The molecule has 9 aromatic carbocycles. The third kappa shape index (κ3) is 6.47. The molecule has 66 heavy (non-hydrogen) atoms. The highest BCUT2D eigenvalue weighted by molar-refractivity contribution is 6.08. The Balaban J connectivity index is 0.870. The van der Waals surface area contributed by atoms with Crippen LogP contribution in [0.25, 0.3) is 123 Å². The molecule has 0 fully saturated rings. The van der Waals surface area contributed by atoms with Crippen molar-refractivity contribution in [1.82, 2.24) is 29.5 Å². The molecule has 4 aromatic heterocycles. The van der Waals surface area contributed by atoms with Crippen molar-refractivity contribution in [1.29, 1.82) is 0 Å². The SMILES string of the molecule is c1ccc(-c2nc(-c3ccccc3)n(-c3ccc4oc5ccc(-c6cccc(-c7ccc8oc9ccc(-n%10nc(-c%11ccccc%11)nc%10-c%10ccccc%10)cc9c8c7)c6)cc5c4c3)n2)cc1. The van der Waals surface area contributed by atoms with Crippen LogP contribution in [0.5, 0.6) is 0 Å². The van der Waals surface area contributed by atoms with Gasteiger partial charge in [0.05, 0.1) is 11.4 Å². The summed E-state index contributed by atoms with van der Waals surface area (Å²) in [5.74, 6) is 2.87. The molecule has 0 atom stereocenters. The highest BCUT2D eigenvalue weighted by atomic mass is 16.3. The van der Waals surface area contributed by atoms with Crippen LogP contribution in [0.4, 0.5) is 0 Å². The van der Waals surface area contributed by atoms with Crippen molar-refractivity contribution in [2.24, 2.45) is 0 Å². The van der Waals surface area contributed by atoms with Gasteiger partial charge in [-0.15, -0.1) is 10.2 Å². The highest BCUT2D eigenvalue weighted by Gasteiger charge is 2.19. The van der Waals surface area contributed by atoms with Gasteiger partial charge < -0.3 is 8.83 Å². The molecule has 0 aliphatic heterocycles. The lowest BCUT2D eigenvalue weighted by Crippen LogP contribution is -1.99. The van der Waals surface area contributed by atoms with Crippen LogP contribution in [0.2, 0.25) is 0 Å². The smallest absolute Gasteiger partial charge is 0.182 e. The Labute approximate surface area is 378 Å². The first-order valence-corrected chi connectivity index (χ1v) is 21.9. The van der Waals surface area contributed by atoms with Gasteiger partial charge in [-0.3, -0.25) is 0 Å². The van der Waals surface area contributed by atoms with Crippen LogP contribution in [0.3, 0.4) is 0 Å². The molecule has 0 saturated carbocycles. The predicted octanol–water partition coefficient (Wildman–Crippen LogP) is 14.6. The number of aromatic nitrogens is 6. The number of rotatable bonds is 8. The van der Waals surface area contributed by atoms with E-state index in [0.29, 0.717) is 11.6 Å². The van der Waals surface area contributed by atoms with E-state index in [1.807, 2.05) is 131 Å². The van der Waals surface area contributed by atoms with Crippen LogP contribution in [0, 0.1) is 0 Å². The first-order valence-electron chi connectivity index (χ1n) is 21.9. The van der Waals surface area contributed by atoms with Gasteiger partial charge in [0.1, 0.15) is 22.3 Å². The second kappa shape index (κ2) is 15.3. The summed E-state index contributed by atoms with van der Waals surface area (Å²) in [6.45, 7) is 0. The van der Waals surface area contributed by atoms with Crippen LogP contribution >= 0.6 is 0 Å². The van der Waals surface area contributed by atoms with E-state index in [9.17, 15) is 0 Å². The molecule has 0 bridgehead atoms. The molecule has 0 radical (unpaired) electrons. The van der Waals surface area contributed by atoms with E-state index in [2.05, 4.69) is 97.1 Å². The third-order valence-electron chi connectivity index (χ3n) is 12.3. The quantitative estimate of drug-likeness (QED) is 0.151. The Morgan fingerprint density at radius 3 is 1.02 bits per heavy atom. The Morgan fingerprint density at radius 1 is 0.273 bits per heavy atom.